The molecule has 0 saturated heterocycles. The predicted octanol–water partition coefficient (Wildman–Crippen LogP) is 1.92. The number of aliphatic carboxylic acids is 1. The minimum atomic E-state index is -0.887. The van der Waals surface area contributed by atoms with Gasteiger partial charge in [0.1, 0.15) is 5.76 Å². The third-order valence-electron chi connectivity index (χ3n) is 3.04. The summed E-state index contributed by atoms with van der Waals surface area (Å²) in [5.41, 5.74) is 0. The maximum absolute atomic E-state index is 12.2. The molecule has 1 aromatic rings. The van der Waals surface area contributed by atoms with Crippen molar-refractivity contribution in [3.8, 4) is 0 Å². The minimum absolute atomic E-state index is 0.0242. The Kier molecular flexibility index (Phi) is 3.69. The fourth-order valence-corrected chi connectivity index (χ4v) is 1.88. The highest BCUT2D eigenvalue weighted by Crippen LogP contribution is 2.28. The zero-order chi connectivity index (χ0) is 13.1. The Morgan fingerprint density at radius 3 is 2.67 bits per heavy atom. The summed E-state index contributed by atoms with van der Waals surface area (Å²) < 4.78 is 5.42. The van der Waals surface area contributed by atoms with Gasteiger partial charge in [-0.2, -0.15) is 0 Å². The Labute approximate surface area is 105 Å². The number of hydrogen-bond acceptors (Lipinski definition) is 3. The maximum atomic E-state index is 12.2. The van der Waals surface area contributed by atoms with E-state index in [2.05, 4.69) is 0 Å². The molecule has 1 fully saturated rings. The monoisotopic (exact) mass is 251 g/mol. The summed E-state index contributed by atoms with van der Waals surface area (Å²) in [4.78, 5) is 24.4. The molecule has 0 radical (unpaired) electrons. The van der Waals surface area contributed by atoms with Gasteiger partial charge in [-0.25, -0.2) is 0 Å². The van der Waals surface area contributed by atoms with Crippen molar-refractivity contribution in [1.82, 2.24) is 4.90 Å². The van der Waals surface area contributed by atoms with E-state index < -0.39 is 5.97 Å². The van der Waals surface area contributed by atoms with E-state index in [0.717, 1.165) is 25.0 Å². The molecule has 0 atom stereocenters. The Morgan fingerprint density at radius 1 is 1.44 bits per heavy atom. The van der Waals surface area contributed by atoms with E-state index in [4.69, 9.17) is 9.52 Å². The lowest BCUT2D eigenvalue weighted by Gasteiger charge is -2.20. The number of nitrogens with zero attached hydrogens (tertiary/aromatic N) is 1. The average molecular weight is 251 g/mol. The van der Waals surface area contributed by atoms with Gasteiger partial charge in [0, 0.05) is 19.0 Å². The molecule has 0 spiro atoms. The van der Waals surface area contributed by atoms with Crippen LogP contribution in [0.3, 0.4) is 0 Å². The number of rotatable bonds is 6. The van der Waals surface area contributed by atoms with E-state index in [-0.39, 0.29) is 24.9 Å². The van der Waals surface area contributed by atoms with Crippen LogP contribution in [0.2, 0.25) is 0 Å². The molecule has 98 valence electrons. The van der Waals surface area contributed by atoms with E-state index in [0.29, 0.717) is 5.76 Å². The first-order valence-electron chi connectivity index (χ1n) is 6.23. The number of furan rings is 1. The number of amides is 1. The van der Waals surface area contributed by atoms with Crippen molar-refractivity contribution in [2.45, 2.75) is 38.6 Å². The molecule has 1 saturated carbocycles. The van der Waals surface area contributed by atoms with Crippen LogP contribution >= 0.6 is 0 Å². The van der Waals surface area contributed by atoms with Crippen LogP contribution in [-0.4, -0.2) is 34.5 Å². The summed E-state index contributed by atoms with van der Waals surface area (Å²) in [5.74, 6) is -0.00272. The molecule has 1 N–H and O–H groups in total. The van der Waals surface area contributed by atoms with Gasteiger partial charge in [0.15, 0.2) is 5.76 Å². The molecule has 0 unspecified atom stereocenters. The van der Waals surface area contributed by atoms with Gasteiger partial charge in [-0.05, 0) is 25.0 Å². The summed E-state index contributed by atoms with van der Waals surface area (Å²) in [7, 11) is 0. The lowest BCUT2D eigenvalue weighted by Crippen LogP contribution is -2.34. The molecule has 1 aliphatic rings. The van der Waals surface area contributed by atoms with Gasteiger partial charge < -0.3 is 14.4 Å². The SMILES string of the molecule is CCc1ccc(C(=O)N(CCC(=O)O)C2CC2)o1. The Hall–Kier alpha value is -1.78. The van der Waals surface area contributed by atoms with Gasteiger partial charge in [0.05, 0.1) is 6.42 Å². The molecule has 1 amide bonds. The molecule has 1 heterocycles. The smallest absolute Gasteiger partial charge is 0.305 e. The van der Waals surface area contributed by atoms with E-state index in [1.165, 1.54) is 0 Å². The molecule has 5 heteroatoms. The van der Waals surface area contributed by atoms with Gasteiger partial charge in [-0.1, -0.05) is 6.92 Å². The fraction of sp³-hybridized carbons (Fsp3) is 0.538. The summed E-state index contributed by atoms with van der Waals surface area (Å²) in [6, 6.07) is 3.64. The highest BCUT2D eigenvalue weighted by molar-refractivity contribution is 5.92. The molecule has 1 aromatic heterocycles. The third-order valence-corrected chi connectivity index (χ3v) is 3.04. The van der Waals surface area contributed by atoms with Crippen LogP contribution in [0.4, 0.5) is 0 Å². The third kappa shape index (κ3) is 2.91. The number of carboxylic acid groups (broad SMARTS) is 1. The summed E-state index contributed by atoms with van der Waals surface area (Å²) in [6.45, 7) is 2.21. The lowest BCUT2D eigenvalue weighted by atomic mass is 10.3. The van der Waals surface area contributed by atoms with Crippen molar-refractivity contribution < 1.29 is 19.1 Å². The van der Waals surface area contributed by atoms with Gasteiger partial charge in [0.25, 0.3) is 5.91 Å². The first-order valence-corrected chi connectivity index (χ1v) is 6.23. The van der Waals surface area contributed by atoms with Crippen molar-refractivity contribution in [3.63, 3.8) is 0 Å². The second-order valence-electron chi connectivity index (χ2n) is 4.49. The zero-order valence-electron chi connectivity index (χ0n) is 10.4. The number of aryl methyl sites for hydroxylation is 1. The van der Waals surface area contributed by atoms with Crippen molar-refractivity contribution >= 4 is 11.9 Å². The van der Waals surface area contributed by atoms with Crippen molar-refractivity contribution in [3.05, 3.63) is 23.7 Å². The quantitative estimate of drug-likeness (QED) is 0.838. The molecular formula is C13H17NO4. The number of carbonyl (C=O) groups is 2. The molecule has 1 aliphatic carbocycles. The van der Waals surface area contributed by atoms with Crippen LogP contribution in [0.1, 0.15) is 42.5 Å². The fourth-order valence-electron chi connectivity index (χ4n) is 1.88. The number of carbonyl (C=O) groups excluding carboxylic acids is 1. The first-order chi connectivity index (χ1) is 8.61. The molecule has 5 nitrogen and oxygen atoms in total. The highest BCUT2D eigenvalue weighted by atomic mass is 16.4. The summed E-state index contributed by atoms with van der Waals surface area (Å²) >= 11 is 0. The average Bonchev–Trinajstić information content (AvgIpc) is 3.06. The minimum Gasteiger partial charge on any atom is -0.481 e. The lowest BCUT2D eigenvalue weighted by molar-refractivity contribution is -0.137. The van der Waals surface area contributed by atoms with Crippen LogP contribution in [0, 0.1) is 0 Å². The molecule has 0 aromatic carbocycles. The van der Waals surface area contributed by atoms with Gasteiger partial charge in [0.2, 0.25) is 0 Å². The van der Waals surface area contributed by atoms with Crippen LogP contribution in [0.15, 0.2) is 16.5 Å². The van der Waals surface area contributed by atoms with Gasteiger partial charge >= 0.3 is 5.97 Å². The second-order valence-corrected chi connectivity index (χ2v) is 4.49. The van der Waals surface area contributed by atoms with Crippen molar-refractivity contribution in [2.24, 2.45) is 0 Å². The van der Waals surface area contributed by atoms with E-state index >= 15 is 0 Å². The molecular weight excluding hydrogens is 234 g/mol. The summed E-state index contributed by atoms with van der Waals surface area (Å²) in [6.07, 6.45) is 2.62. The van der Waals surface area contributed by atoms with Gasteiger partial charge in [-0.15, -0.1) is 0 Å². The summed E-state index contributed by atoms with van der Waals surface area (Å²) in [5, 5.41) is 8.70. The number of hydrogen-bond donors (Lipinski definition) is 1. The largest absolute Gasteiger partial charge is 0.481 e. The normalized spacial score (nSPS) is 14.5. The van der Waals surface area contributed by atoms with E-state index in [9.17, 15) is 9.59 Å². The highest BCUT2D eigenvalue weighted by Gasteiger charge is 2.34. The number of carboxylic acids is 1. The molecule has 2 rings (SSSR count). The van der Waals surface area contributed by atoms with Crippen molar-refractivity contribution in [1.29, 1.82) is 0 Å². The Morgan fingerprint density at radius 2 is 2.17 bits per heavy atom. The van der Waals surface area contributed by atoms with Crippen LogP contribution in [-0.2, 0) is 11.2 Å². The second kappa shape index (κ2) is 5.25. The first kappa shape index (κ1) is 12.7. The van der Waals surface area contributed by atoms with Crippen LogP contribution in [0.5, 0.6) is 0 Å². The molecule has 0 bridgehead atoms. The van der Waals surface area contributed by atoms with Crippen LogP contribution < -0.4 is 0 Å². The topological polar surface area (TPSA) is 70.8 Å². The van der Waals surface area contributed by atoms with E-state index in [1.54, 1.807) is 17.0 Å². The predicted molar refractivity (Wildman–Crippen MR) is 64.4 cm³/mol. The molecule has 18 heavy (non-hydrogen) atoms. The van der Waals surface area contributed by atoms with Crippen LogP contribution in [0.25, 0.3) is 0 Å². The van der Waals surface area contributed by atoms with E-state index in [1.807, 2.05) is 6.92 Å². The Bertz CT molecular complexity index is 448. The van der Waals surface area contributed by atoms with Crippen molar-refractivity contribution in [2.75, 3.05) is 6.54 Å². The zero-order valence-corrected chi connectivity index (χ0v) is 10.4. The molecule has 0 aliphatic heterocycles. The van der Waals surface area contributed by atoms with Gasteiger partial charge in [-0.3, -0.25) is 9.59 Å². The maximum Gasteiger partial charge on any atom is 0.305 e. The standard InChI is InChI=1S/C13H17NO4/c1-2-10-5-6-11(18-10)13(17)14(9-3-4-9)8-7-12(15)16/h5-6,9H,2-4,7-8H2,1H3,(H,15,16). The Balaban J connectivity index is 2.05.